The summed E-state index contributed by atoms with van der Waals surface area (Å²) in [6.45, 7) is 2.76. The van der Waals surface area contributed by atoms with E-state index in [1.165, 1.54) is 6.07 Å². The molecule has 5 nitrogen and oxygen atoms in total. The summed E-state index contributed by atoms with van der Waals surface area (Å²) in [7, 11) is 0. The van der Waals surface area contributed by atoms with Crippen molar-refractivity contribution in [1.29, 1.82) is 0 Å². The zero-order chi connectivity index (χ0) is 17.2. The Morgan fingerprint density at radius 1 is 1.28 bits per heavy atom. The minimum Gasteiger partial charge on any atom is -0.439 e. The minimum atomic E-state index is -0.313. The van der Waals surface area contributed by atoms with E-state index in [2.05, 4.69) is 9.88 Å². The van der Waals surface area contributed by atoms with Gasteiger partial charge in [-0.05, 0) is 37.9 Å². The summed E-state index contributed by atoms with van der Waals surface area (Å²) in [5.74, 6) is 0.852. The lowest BCUT2D eigenvalue weighted by Gasteiger charge is -2.36. The molecule has 1 aromatic heterocycles. The quantitative estimate of drug-likeness (QED) is 0.922. The van der Waals surface area contributed by atoms with Crippen LogP contribution in [0.2, 0.25) is 0 Å². The number of benzene rings is 1. The van der Waals surface area contributed by atoms with Crippen molar-refractivity contribution in [2.45, 2.75) is 38.0 Å². The molecule has 0 bridgehead atoms. The molecular weight excluding hydrogens is 323 g/mol. The van der Waals surface area contributed by atoms with Gasteiger partial charge >= 0.3 is 0 Å². The molecular formula is C19H23FN2O3. The third-order valence-corrected chi connectivity index (χ3v) is 5.30. The van der Waals surface area contributed by atoms with Gasteiger partial charge in [0.2, 0.25) is 5.89 Å². The van der Waals surface area contributed by atoms with Gasteiger partial charge in [-0.1, -0.05) is 12.1 Å². The van der Waals surface area contributed by atoms with Gasteiger partial charge in [0, 0.05) is 18.6 Å². The lowest BCUT2D eigenvalue weighted by atomic mass is 9.89. The number of rotatable bonds is 4. The van der Waals surface area contributed by atoms with Crippen molar-refractivity contribution in [1.82, 2.24) is 9.88 Å². The molecule has 3 atom stereocenters. The Labute approximate surface area is 146 Å². The van der Waals surface area contributed by atoms with Crippen molar-refractivity contribution >= 4 is 0 Å². The van der Waals surface area contributed by atoms with Gasteiger partial charge in [0.25, 0.3) is 0 Å². The summed E-state index contributed by atoms with van der Waals surface area (Å²) in [6, 6.07) is 6.82. The second-order valence-electron chi connectivity index (χ2n) is 6.87. The fourth-order valence-electron chi connectivity index (χ4n) is 3.99. The van der Waals surface area contributed by atoms with Gasteiger partial charge in [-0.15, -0.1) is 0 Å². The Kier molecular flexibility index (Phi) is 4.83. The third-order valence-electron chi connectivity index (χ3n) is 5.30. The molecule has 2 aliphatic rings. The Balaban J connectivity index is 1.47. The molecule has 6 heteroatoms. The van der Waals surface area contributed by atoms with Crippen molar-refractivity contribution in [3.8, 4) is 11.3 Å². The van der Waals surface area contributed by atoms with Gasteiger partial charge in [0.1, 0.15) is 5.82 Å². The maximum absolute atomic E-state index is 13.9. The number of likely N-dealkylation sites (tertiary alicyclic amines) is 1. The van der Waals surface area contributed by atoms with Gasteiger partial charge < -0.3 is 14.3 Å². The molecule has 0 radical (unpaired) electrons. The topological polar surface area (TPSA) is 58.7 Å². The molecule has 4 rings (SSSR count). The monoisotopic (exact) mass is 346 g/mol. The molecule has 3 unspecified atom stereocenters. The SMILES string of the molecule is OC1CCOCC1C1CCCN1Cc1ncc(-c2ccccc2F)o1. The first-order valence-electron chi connectivity index (χ1n) is 8.92. The highest BCUT2D eigenvalue weighted by atomic mass is 19.1. The summed E-state index contributed by atoms with van der Waals surface area (Å²) in [4.78, 5) is 6.63. The molecule has 1 N–H and O–H groups in total. The van der Waals surface area contributed by atoms with Crippen LogP contribution < -0.4 is 0 Å². The Bertz CT molecular complexity index is 720. The van der Waals surface area contributed by atoms with Crippen molar-refractivity contribution in [2.24, 2.45) is 5.92 Å². The summed E-state index contributed by atoms with van der Waals surface area (Å²) < 4.78 is 25.3. The number of nitrogens with zero attached hydrogens (tertiary/aromatic N) is 2. The fraction of sp³-hybridized carbons (Fsp3) is 0.526. The Morgan fingerprint density at radius 3 is 3.00 bits per heavy atom. The number of aliphatic hydroxyl groups excluding tert-OH is 1. The van der Waals surface area contributed by atoms with Crippen molar-refractivity contribution in [2.75, 3.05) is 19.8 Å². The molecule has 134 valence electrons. The largest absolute Gasteiger partial charge is 0.439 e. The fourth-order valence-corrected chi connectivity index (χ4v) is 3.99. The average Bonchev–Trinajstić information content (AvgIpc) is 3.26. The van der Waals surface area contributed by atoms with E-state index in [0.29, 0.717) is 43.4 Å². The first-order chi connectivity index (χ1) is 12.2. The zero-order valence-electron chi connectivity index (χ0n) is 14.1. The highest BCUT2D eigenvalue weighted by molar-refractivity contribution is 5.56. The molecule has 1 aromatic carbocycles. The van der Waals surface area contributed by atoms with Crippen LogP contribution in [0.4, 0.5) is 4.39 Å². The van der Waals surface area contributed by atoms with Crippen LogP contribution in [0.15, 0.2) is 34.9 Å². The summed E-state index contributed by atoms with van der Waals surface area (Å²) in [5.41, 5.74) is 0.426. The van der Waals surface area contributed by atoms with Crippen LogP contribution in [-0.4, -0.2) is 46.9 Å². The third kappa shape index (κ3) is 3.47. The number of ether oxygens (including phenoxy) is 1. The van der Waals surface area contributed by atoms with Crippen LogP contribution in [0.5, 0.6) is 0 Å². The number of hydrogen-bond acceptors (Lipinski definition) is 5. The van der Waals surface area contributed by atoms with Crippen LogP contribution in [0.25, 0.3) is 11.3 Å². The van der Waals surface area contributed by atoms with Crippen molar-refractivity contribution < 1.29 is 18.7 Å². The second-order valence-corrected chi connectivity index (χ2v) is 6.87. The lowest BCUT2D eigenvalue weighted by molar-refractivity contribution is -0.0643. The molecule has 3 heterocycles. The highest BCUT2D eigenvalue weighted by Gasteiger charge is 2.37. The summed E-state index contributed by atoms with van der Waals surface area (Å²) in [5, 5.41) is 10.3. The zero-order valence-corrected chi connectivity index (χ0v) is 14.1. The van der Waals surface area contributed by atoms with Gasteiger partial charge in [0.15, 0.2) is 5.76 Å². The first-order valence-corrected chi connectivity index (χ1v) is 8.92. The van der Waals surface area contributed by atoms with E-state index in [4.69, 9.17) is 9.15 Å². The van der Waals surface area contributed by atoms with Crippen LogP contribution >= 0.6 is 0 Å². The minimum absolute atomic E-state index is 0.136. The molecule has 2 aromatic rings. The van der Waals surface area contributed by atoms with E-state index in [1.54, 1.807) is 24.4 Å². The van der Waals surface area contributed by atoms with Crippen LogP contribution in [0.1, 0.15) is 25.2 Å². The van der Waals surface area contributed by atoms with E-state index in [-0.39, 0.29) is 23.9 Å². The van der Waals surface area contributed by atoms with E-state index in [9.17, 15) is 9.50 Å². The van der Waals surface area contributed by atoms with E-state index >= 15 is 0 Å². The van der Waals surface area contributed by atoms with Gasteiger partial charge in [0.05, 0.1) is 31.0 Å². The Hall–Kier alpha value is -1.76. The number of aromatic nitrogens is 1. The maximum atomic E-state index is 13.9. The number of halogens is 1. The number of oxazole rings is 1. The molecule has 2 saturated heterocycles. The van der Waals surface area contributed by atoms with Crippen molar-refractivity contribution in [3.63, 3.8) is 0 Å². The Morgan fingerprint density at radius 2 is 2.16 bits per heavy atom. The molecule has 0 saturated carbocycles. The van der Waals surface area contributed by atoms with Crippen LogP contribution in [0.3, 0.4) is 0 Å². The lowest BCUT2D eigenvalue weighted by Crippen LogP contribution is -2.45. The second kappa shape index (κ2) is 7.23. The first kappa shape index (κ1) is 16.7. The molecule has 2 aliphatic heterocycles. The smallest absolute Gasteiger partial charge is 0.209 e. The molecule has 0 aliphatic carbocycles. The van der Waals surface area contributed by atoms with E-state index in [0.717, 1.165) is 19.4 Å². The number of aliphatic hydroxyl groups is 1. The standard InChI is InChI=1S/C19H23FN2O3/c20-15-5-2-1-4-13(15)18-10-21-19(25-18)11-22-8-3-6-16(22)14-12-24-9-7-17(14)23/h1-2,4-5,10,14,16-17,23H,3,6-9,11-12H2. The summed E-state index contributed by atoms with van der Waals surface area (Å²) in [6.07, 6.45) is 4.11. The highest BCUT2D eigenvalue weighted by Crippen LogP contribution is 2.31. The summed E-state index contributed by atoms with van der Waals surface area (Å²) >= 11 is 0. The van der Waals surface area contributed by atoms with Crippen LogP contribution in [-0.2, 0) is 11.3 Å². The van der Waals surface area contributed by atoms with Crippen LogP contribution in [0, 0.1) is 11.7 Å². The van der Waals surface area contributed by atoms with E-state index in [1.807, 2.05) is 0 Å². The normalized spacial score (nSPS) is 27.7. The predicted molar refractivity (Wildman–Crippen MR) is 90.3 cm³/mol. The van der Waals surface area contributed by atoms with Gasteiger partial charge in [-0.25, -0.2) is 9.37 Å². The average molecular weight is 346 g/mol. The van der Waals surface area contributed by atoms with Crippen molar-refractivity contribution in [3.05, 3.63) is 42.2 Å². The molecule has 25 heavy (non-hydrogen) atoms. The predicted octanol–water partition coefficient (Wildman–Crippen LogP) is 2.84. The maximum Gasteiger partial charge on any atom is 0.209 e. The number of hydrogen-bond donors (Lipinski definition) is 1. The van der Waals surface area contributed by atoms with Gasteiger partial charge in [-0.3, -0.25) is 4.90 Å². The van der Waals surface area contributed by atoms with Gasteiger partial charge in [-0.2, -0.15) is 0 Å². The molecule has 2 fully saturated rings. The van der Waals surface area contributed by atoms with E-state index < -0.39 is 0 Å². The molecule has 0 spiro atoms. The molecule has 0 amide bonds.